The smallest absolute Gasteiger partial charge is 0.238 e. The third-order valence-electron chi connectivity index (χ3n) is 6.04. The molecule has 2 aromatic rings. The van der Waals surface area contributed by atoms with E-state index in [4.69, 9.17) is 5.14 Å². The van der Waals surface area contributed by atoms with Gasteiger partial charge in [-0.2, -0.15) is 4.98 Å². The normalized spacial score (nSPS) is 19.4. The number of nitrogens with zero attached hydrogens (tertiary/aromatic N) is 3. The third-order valence-corrected chi connectivity index (χ3v) is 6.95. The van der Waals surface area contributed by atoms with Gasteiger partial charge >= 0.3 is 0 Å². The van der Waals surface area contributed by atoms with Crippen LogP contribution in [0.25, 0.3) is 0 Å². The van der Waals surface area contributed by atoms with Crippen molar-refractivity contribution in [3.63, 3.8) is 0 Å². The van der Waals surface area contributed by atoms with Crippen LogP contribution in [0.3, 0.4) is 0 Å². The maximum Gasteiger partial charge on any atom is 0.238 e. The molecule has 3 rings (SSSR count). The Morgan fingerprint density at radius 3 is 2.40 bits per heavy atom. The number of benzene rings is 1. The Kier molecular flexibility index (Phi) is 5.83. The summed E-state index contributed by atoms with van der Waals surface area (Å²) in [7, 11) is -1.59. The van der Waals surface area contributed by atoms with Crippen LogP contribution in [0.4, 0.5) is 17.5 Å². The Labute approximate surface area is 179 Å². The van der Waals surface area contributed by atoms with Crippen molar-refractivity contribution < 1.29 is 8.42 Å². The number of nitrogens with one attached hydrogen (secondary N) is 2. The van der Waals surface area contributed by atoms with Crippen molar-refractivity contribution >= 4 is 27.5 Å². The molecule has 1 aromatic carbocycles. The van der Waals surface area contributed by atoms with Crippen LogP contribution in [0.5, 0.6) is 0 Å². The predicted octanol–water partition coefficient (Wildman–Crippen LogP) is 3.24. The van der Waals surface area contributed by atoms with Crippen LogP contribution < -0.4 is 15.8 Å². The fourth-order valence-electron chi connectivity index (χ4n) is 4.20. The summed E-state index contributed by atoms with van der Waals surface area (Å²) >= 11 is 0. The Morgan fingerprint density at radius 1 is 1.17 bits per heavy atom. The molecule has 30 heavy (non-hydrogen) atoms. The molecule has 9 heteroatoms. The van der Waals surface area contributed by atoms with E-state index in [1.54, 1.807) is 18.3 Å². The minimum absolute atomic E-state index is 0.0359. The lowest BCUT2D eigenvalue weighted by atomic mass is 9.77. The minimum atomic E-state index is -3.78. The number of sulfonamides is 1. The second-order valence-corrected chi connectivity index (χ2v) is 10.9. The highest BCUT2D eigenvalue weighted by molar-refractivity contribution is 7.89. The van der Waals surface area contributed by atoms with Gasteiger partial charge in [-0.25, -0.2) is 18.5 Å². The monoisotopic (exact) mass is 432 g/mol. The van der Waals surface area contributed by atoms with Crippen molar-refractivity contribution in [2.24, 2.45) is 5.14 Å². The molecule has 2 heterocycles. The van der Waals surface area contributed by atoms with Gasteiger partial charge in [0, 0.05) is 34.6 Å². The van der Waals surface area contributed by atoms with Gasteiger partial charge in [-0.05, 0) is 72.7 Å². The Hall–Kier alpha value is -2.23. The van der Waals surface area contributed by atoms with E-state index >= 15 is 0 Å². The van der Waals surface area contributed by atoms with Crippen molar-refractivity contribution in [3.05, 3.63) is 36.0 Å². The molecule has 0 bridgehead atoms. The maximum atomic E-state index is 11.6. The summed E-state index contributed by atoms with van der Waals surface area (Å²) in [5, 5.41) is 11.9. The fourth-order valence-corrected chi connectivity index (χ4v) is 4.75. The fraction of sp³-hybridized carbons (Fsp3) is 0.524. The molecule has 0 radical (unpaired) electrons. The second kappa shape index (κ2) is 7.79. The highest BCUT2D eigenvalue weighted by Crippen LogP contribution is 2.38. The number of anilines is 3. The minimum Gasteiger partial charge on any atom is -0.367 e. The van der Waals surface area contributed by atoms with Crippen LogP contribution in [0.15, 0.2) is 35.4 Å². The zero-order valence-corrected chi connectivity index (χ0v) is 19.3. The van der Waals surface area contributed by atoms with Crippen LogP contribution in [-0.2, 0) is 10.0 Å². The topological polar surface area (TPSA) is 113 Å². The van der Waals surface area contributed by atoms with Crippen molar-refractivity contribution in [3.8, 4) is 0 Å². The van der Waals surface area contributed by atoms with E-state index in [0.29, 0.717) is 11.6 Å². The number of aromatic nitrogens is 2. The molecule has 1 fully saturated rings. The van der Waals surface area contributed by atoms with Gasteiger partial charge in [0.1, 0.15) is 5.82 Å². The molecular formula is C21H32N6O2S. The quantitative estimate of drug-likeness (QED) is 0.665. The molecule has 4 N–H and O–H groups in total. The summed E-state index contributed by atoms with van der Waals surface area (Å²) in [5.74, 6) is 1.16. The van der Waals surface area contributed by atoms with Crippen molar-refractivity contribution in [1.82, 2.24) is 14.9 Å². The molecule has 0 spiro atoms. The molecule has 0 amide bonds. The van der Waals surface area contributed by atoms with Crippen LogP contribution in [0, 0.1) is 6.92 Å². The lowest BCUT2D eigenvalue weighted by molar-refractivity contribution is -0.00773. The number of aryl methyl sites for hydroxylation is 1. The van der Waals surface area contributed by atoms with E-state index < -0.39 is 10.0 Å². The number of rotatable bonds is 5. The van der Waals surface area contributed by atoms with Crippen LogP contribution in [-0.4, -0.2) is 47.5 Å². The lowest BCUT2D eigenvalue weighted by Gasteiger charge is -2.53. The van der Waals surface area contributed by atoms with Crippen molar-refractivity contribution in [2.75, 3.05) is 17.7 Å². The zero-order chi connectivity index (χ0) is 22.3. The summed E-state index contributed by atoms with van der Waals surface area (Å²) in [6.45, 7) is 11.0. The highest BCUT2D eigenvalue weighted by Gasteiger charge is 2.43. The molecule has 1 aromatic heterocycles. The Balaban J connectivity index is 1.81. The zero-order valence-electron chi connectivity index (χ0n) is 18.5. The van der Waals surface area contributed by atoms with Gasteiger partial charge in [0.15, 0.2) is 0 Å². The van der Waals surface area contributed by atoms with Gasteiger partial charge in [0.2, 0.25) is 16.0 Å². The summed E-state index contributed by atoms with van der Waals surface area (Å²) < 4.78 is 23.2. The molecular weight excluding hydrogens is 400 g/mol. The molecule has 1 aliphatic heterocycles. The van der Waals surface area contributed by atoms with Gasteiger partial charge in [-0.15, -0.1) is 0 Å². The van der Waals surface area contributed by atoms with E-state index in [1.165, 1.54) is 12.1 Å². The van der Waals surface area contributed by atoms with Crippen LogP contribution in [0.2, 0.25) is 0 Å². The maximum absolute atomic E-state index is 11.6. The van der Waals surface area contributed by atoms with Gasteiger partial charge < -0.3 is 10.6 Å². The Morgan fingerprint density at radius 2 is 1.80 bits per heavy atom. The van der Waals surface area contributed by atoms with E-state index in [9.17, 15) is 8.42 Å². The Bertz CT molecular complexity index is 1020. The third kappa shape index (κ3) is 4.91. The van der Waals surface area contributed by atoms with Crippen LogP contribution >= 0.6 is 0 Å². The average Bonchev–Trinajstić information content (AvgIpc) is 2.61. The summed E-state index contributed by atoms with van der Waals surface area (Å²) in [4.78, 5) is 11.5. The molecule has 8 nitrogen and oxygen atoms in total. The number of likely N-dealkylation sites (tertiary alicyclic amines) is 1. The van der Waals surface area contributed by atoms with E-state index in [2.05, 4.69) is 60.2 Å². The van der Waals surface area contributed by atoms with Gasteiger partial charge in [0.05, 0.1) is 4.90 Å². The summed E-state index contributed by atoms with van der Waals surface area (Å²) in [6, 6.07) is 6.56. The first kappa shape index (κ1) is 22.5. The lowest BCUT2D eigenvalue weighted by Crippen LogP contribution is -2.61. The summed E-state index contributed by atoms with van der Waals surface area (Å²) in [6.07, 6.45) is 3.75. The average molecular weight is 433 g/mol. The first-order chi connectivity index (χ1) is 13.8. The number of primary sulfonamides is 1. The second-order valence-electron chi connectivity index (χ2n) is 9.36. The molecule has 1 aliphatic rings. The number of nitrogens with two attached hydrogens (primary N) is 1. The van der Waals surface area contributed by atoms with Crippen molar-refractivity contribution in [2.45, 2.75) is 69.5 Å². The first-order valence-corrected chi connectivity index (χ1v) is 11.6. The van der Waals surface area contributed by atoms with E-state index in [1.807, 2.05) is 6.92 Å². The van der Waals surface area contributed by atoms with Crippen LogP contribution in [0.1, 0.15) is 46.1 Å². The standard InChI is InChI=1S/C21H32N6O2S/c1-14-13-23-19(25-15-8-7-9-17(10-15)30(22,28)29)26-18(14)24-16-11-20(2,3)27(6)21(4,5)12-16/h7-10,13,16H,11-12H2,1-6H3,(H2,22,28,29)(H2,23,24,25,26). The van der Waals surface area contributed by atoms with Gasteiger partial charge in [-0.3, -0.25) is 4.90 Å². The number of hydrogen-bond donors (Lipinski definition) is 3. The van der Waals surface area contributed by atoms with Crippen molar-refractivity contribution in [1.29, 1.82) is 0 Å². The molecule has 1 saturated heterocycles. The van der Waals surface area contributed by atoms with Gasteiger partial charge in [0.25, 0.3) is 0 Å². The molecule has 0 saturated carbocycles. The van der Waals surface area contributed by atoms with Gasteiger partial charge in [-0.1, -0.05) is 6.07 Å². The molecule has 0 aliphatic carbocycles. The van der Waals surface area contributed by atoms with E-state index in [0.717, 1.165) is 24.2 Å². The largest absolute Gasteiger partial charge is 0.367 e. The molecule has 0 unspecified atom stereocenters. The predicted molar refractivity (Wildman–Crippen MR) is 120 cm³/mol. The molecule has 0 atom stereocenters. The SMILES string of the molecule is Cc1cnc(Nc2cccc(S(N)(=O)=O)c2)nc1NC1CC(C)(C)N(C)C(C)(C)C1. The molecule has 164 valence electrons. The highest BCUT2D eigenvalue weighted by atomic mass is 32.2. The summed E-state index contributed by atoms with van der Waals surface area (Å²) in [5.41, 5.74) is 1.64. The van der Waals surface area contributed by atoms with E-state index in [-0.39, 0.29) is 22.0 Å². The number of hydrogen-bond acceptors (Lipinski definition) is 7. The number of piperidine rings is 1. The first-order valence-electron chi connectivity index (χ1n) is 10.0.